The molecule has 4 rings (SSSR count). The topological polar surface area (TPSA) is 58.2 Å². The fourth-order valence-corrected chi connectivity index (χ4v) is 3.33. The molecule has 0 radical (unpaired) electrons. The molecule has 26 heavy (non-hydrogen) atoms. The molecular weight excluding hydrogens is 326 g/mol. The largest absolute Gasteiger partial charge is 0.494 e. The highest BCUT2D eigenvalue weighted by Gasteiger charge is 2.27. The quantitative estimate of drug-likeness (QED) is 0.728. The molecule has 2 aromatic carbocycles. The van der Waals surface area contributed by atoms with Gasteiger partial charge in [-0.15, -0.1) is 0 Å². The van der Waals surface area contributed by atoms with Gasteiger partial charge in [0.05, 0.1) is 18.3 Å². The molecule has 0 atom stereocenters. The van der Waals surface area contributed by atoms with Crippen LogP contribution in [0.3, 0.4) is 0 Å². The molecule has 1 aliphatic carbocycles. The van der Waals surface area contributed by atoms with Gasteiger partial charge in [-0.3, -0.25) is 9.89 Å². The normalized spacial score (nSPS) is 13.8. The number of benzene rings is 2. The molecule has 5 heteroatoms. The minimum atomic E-state index is -0.00184. The SMILES string of the molecule is CCOc1cc(C(=O)N(C)Cc2ccc3cn[nH]c3c2)ccc1C1CC1. The van der Waals surface area contributed by atoms with Gasteiger partial charge >= 0.3 is 0 Å². The van der Waals surface area contributed by atoms with Crippen LogP contribution in [0.25, 0.3) is 10.9 Å². The van der Waals surface area contributed by atoms with Crippen molar-refractivity contribution in [1.82, 2.24) is 15.1 Å². The average Bonchev–Trinajstić information content (AvgIpc) is 3.38. The maximum Gasteiger partial charge on any atom is 0.254 e. The lowest BCUT2D eigenvalue weighted by molar-refractivity contribution is 0.0784. The number of carbonyl (C=O) groups excluding carboxylic acids is 1. The molecule has 0 spiro atoms. The van der Waals surface area contributed by atoms with E-state index in [2.05, 4.69) is 16.3 Å². The van der Waals surface area contributed by atoms with Crippen molar-refractivity contribution in [2.24, 2.45) is 0 Å². The minimum absolute atomic E-state index is 0.00184. The zero-order chi connectivity index (χ0) is 18.1. The van der Waals surface area contributed by atoms with Crippen molar-refractivity contribution >= 4 is 16.8 Å². The van der Waals surface area contributed by atoms with Crippen LogP contribution in [0.4, 0.5) is 0 Å². The van der Waals surface area contributed by atoms with Crippen molar-refractivity contribution in [3.8, 4) is 5.75 Å². The molecule has 3 aromatic rings. The molecule has 0 saturated heterocycles. The number of nitrogens with zero attached hydrogens (tertiary/aromatic N) is 2. The summed E-state index contributed by atoms with van der Waals surface area (Å²) in [6.45, 7) is 3.13. The lowest BCUT2D eigenvalue weighted by Crippen LogP contribution is -2.26. The third-order valence-corrected chi connectivity index (χ3v) is 4.85. The van der Waals surface area contributed by atoms with Crippen LogP contribution in [0.1, 0.15) is 47.2 Å². The Kier molecular flexibility index (Phi) is 4.37. The smallest absolute Gasteiger partial charge is 0.254 e. The van der Waals surface area contributed by atoms with Crippen molar-refractivity contribution < 1.29 is 9.53 Å². The summed E-state index contributed by atoms with van der Waals surface area (Å²) in [5.74, 6) is 1.45. The standard InChI is InChI=1S/C21H23N3O2/c1-3-26-20-11-16(8-9-18(20)15-6-7-15)21(25)24(2)13-14-4-5-17-12-22-23-19(17)10-14/h4-5,8-12,15H,3,6-7,13H2,1-2H3,(H,22,23). The number of amides is 1. The minimum Gasteiger partial charge on any atom is -0.494 e. The zero-order valence-electron chi connectivity index (χ0n) is 15.2. The van der Waals surface area contributed by atoms with Crippen LogP contribution in [0.2, 0.25) is 0 Å². The number of aromatic amines is 1. The van der Waals surface area contributed by atoms with Gasteiger partial charge in [0.15, 0.2) is 0 Å². The number of aromatic nitrogens is 2. The summed E-state index contributed by atoms with van der Waals surface area (Å²) in [6.07, 6.45) is 4.22. The summed E-state index contributed by atoms with van der Waals surface area (Å²) in [7, 11) is 1.83. The number of hydrogen-bond donors (Lipinski definition) is 1. The molecule has 0 unspecified atom stereocenters. The van der Waals surface area contributed by atoms with Crippen LogP contribution in [0.5, 0.6) is 5.75 Å². The van der Waals surface area contributed by atoms with E-state index in [0.29, 0.717) is 24.6 Å². The number of rotatable bonds is 6. The molecule has 1 fully saturated rings. The molecule has 1 saturated carbocycles. The summed E-state index contributed by atoms with van der Waals surface area (Å²) in [6, 6.07) is 12.0. The van der Waals surface area contributed by atoms with Crippen molar-refractivity contribution in [2.75, 3.05) is 13.7 Å². The van der Waals surface area contributed by atoms with Crippen LogP contribution in [-0.4, -0.2) is 34.7 Å². The van der Waals surface area contributed by atoms with E-state index in [4.69, 9.17) is 4.74 Å². The van der Waals surface area contributed by atoms with E-state index < -0.39 is 0 Å². The highest BCUT2D eigenvalue weighted by atomic mass is 16.5. The highest BCUT2D eigenvalue weighted by molar-refractivity contribution is 5.94. The molecule has 1 heterocycles. The monoisotopic (exact) mass is 349 g/mol. The Balaban J connectivity index is 1.53. The second-order valence-corrected chi connectivity index (χ2v) is 6.91. The summed E-state index contributed by atoms with van der Waals surface area (Å²) in [4.78, 5) is 14.6. The number of hydrogen-bond acceptors (Lipinski definition) is 3. The number of nitrogens with one attached hydrogen (secondary N) is 1. The molecule has 0 aliphatic heterocycles. The van der Waals surface area contributed by atoms with Crippen LogP contribution >= 0.6 is 0 Å². The second kappa shape index (κ2) is 6.83. The predicted molar refractivity (Wildman–Crippen MR) is 101 cm³/mol. The van der Waals surface area contributed by atoms with E-state index in [0.717, 1.165) is 22.2 Å². The van der Waals surface area contributed by atoms with Crippen molar-refractivity contribution in [1.29, 1.82) is 0 Å². The van der Waals surface area contributed by atoms with Gasteiger partial charge in [-0.25, -0.2) is 0 Å². The third kappa shape index (κ3) is 3.29. The highest BCUT2D eigenvalue weighted by Crippen LogP contribution is 2.44. The Morgan fingerprint density at radius 2 is 2.12 bits per heavy atom. The Labute approximate surface area is 153 Å². The summed E-state index contributed by atoms with van der Waals surface area (Å²) >= 11 is 0. The van der Waals surface area contributed by atoms with Gasteiger partial charge in [0.2, 0.25) is 0 Å². The summed E-state index contributed by atoms with van der Waals surface area (Å²) in [5, 5.41) is 8.08. The van der Waals surface area contributed by atoms with Crippen LogP contribution in [0, 0.1) is 0 Å². The van der Waals surface area contributed by atoms with Gasteiger partial charge in [-0.2, -0.15) is 5.10 Å². The van der Waals surface area contributed by atoms with Crippen LogP contribution in [0.15, 0.2) is 42.6 Å². The van der Waals surface area contributed by atoms with E-state index >= 15 is 0 Å². The van der Waals surface area contributed by atoms with E-state index in [1.807, 2.05) is 44.3 Å². The fraction of sp³-hybridized carbons (Fsp3) is 0.333. The molecule has 0 bridgehead atoms. The molecule has 1 amide bonds. The van der Waals surface area contributed by atoms with E-state index in [-0.39, 0.29) is 5.91 Å². The van der Waals surface area contributed by atoms with Crippen molar-refractivity contribution in [3.63, 3.8) is 0 Å². The molecule has 5 nitrogen and oxygen atoms in total. The second-order valence-electron chi connectivity index (χ2n) is 6.91. The van der Waals surface area contributed by atoms with E-state index in [1.54, 1.807) is 11.1 Å². The van der Waals surface area contributed by atoms with Crippen LogP contribution in [-0.2, 0) is 6.54 Å². The lowest BCUT2D eigenvalue weighted by Gasteiger charge is -2.19. The van der Waals surface area contributed by atoms with Gasteiger partial charge in [0.1, 0.15) is 5.75 Å². The number of ether oxygens (including phenoxy) is 1. The van der Waals surface area contributed by atoms with Crippen LogP contribution < -0.4 is 4.74 Å². The number of H-pyrrole nitrogens is 1. The predicted octanol–water partition coefficient (Wildman–Crippen LogP) is 4.11. The maximum atomic E-state index is 12.9. The average molecular weight is 349 g/mol. The molecule has 1 aromatic heterocycles. The Morgan fingerprint density at radius 1 is 1.27 bits per heavy atom. The first-order valence-corrected chi connectivity index (χ1v) is 9.10. The molecule has 1 N–H and O–H groups in total. The maximum absolute atomic E-state index is 12.9. The first-order chi connectivity index (χ1) is 12.7. The third-order valence-electron chi connectivity index (χ3n) is 4.85. The van der Waals surface area contributed by atoms with Crippen molar-refractivity contribution in [2.45, 2.75) is 32.2 Å². The number of carbonyl (C=O) groups is 1. The Hall–Kier alpha value is -2.82. The van der Waals surface area contributed by atoms with Gasteiger partial charge < -0.3 is 9.64 Å². The molecular formula is C21H23N3O2. The van der Waals surface area contributed by atoms with Gasteiger partial charge in [0.25, 0.3) is 5.91 Å². The van der Waals surface area contributed by atoms with Gasteiger partial charge in [-0.05, 0) is 55.0 Å². The molecule has 1 aliphatic rings. The Morgan fingerprint density at radius 3 is 2.88 bits per heavy atom. The lowest BCUT2D eigenvalue weighted by atomic mass is 10.1. The summed E-state index contributed by atoms with van der Waals surface area (Å²) < 4.78 is 5.78. The zero-order valence-corrected chi connectivity index (χ0v) is 15.2. The van der Waals surface area contributed by atoms with Crippen molar-refractivity contribution in [3.05, 3.63) is 59.3 Å². The molecule has 134 valence electrons. The Bertz CT molecular complexity index is 943. The van der Waals surface area contributed by atoms with E-state index in [9.17, 15) is 4.79 Å². The summed E-state index contributed by atoms with van der Waals surface area (Å²) in [5.41, 5.74) is 3.95. The first kappa shape index (κ1) is 16.6. The van der Waals surface area contributed by atoms with E-state index in [1.165, 1.54) is 18.4 Å². The van der Waals surface area contributed by atoms with Gasteiger partial charge in [-0.1, -0.05) is 18.2 Å². The van der Waals surface area contributed by atoms with Gasteiger partial charge in [0, 0.05) is 24.5 Å². The number of fused-ring (bicyclic) bond motifs is 1. The first-order valence-electron chi connectivity index (χ1n) is 9.10. The fourth-order valence-electron chi connectivity index (χ4n) is 3.33.